The number of phenols is 1. The number of phenolic OH excluding ortho intramolecular Hbond substituents is 1. The molecule has 5 nitrogen and oxygen atoms in total. The topological polar surface area (TPSA) is 63.0 Å². The minimum absolute atomic E-state index is 0.0602. The summed E-state index contributed by atoms with van der Waals surface area (Å²) in [7, 11) is 0. The van der Waals surface area contributed by atoms with Gasteiger partial charge in [-0.2, -0.15) is 0 Å². The zero-order valence-electron chi connectivity index (χ0n) is 11.3. The van der Waals surface area contributed by atoms with Crippen LogP contribution in [0.25, 0.3) is 0 Å². The second kappa shape index (κ2) is 5.42. The van der Waals surface area contributed by atoms with E-state index >= 15 is 0 Å². The number of hydrogen-bond donors (Lipinski definition) is 2. The molecule has 3 rings (SSSR count). The molecule has 1 atom stereocenters. The Morgan fingerprint density at radius 1 is 1.45 bits per heavy atom. The van der Waals surface area contributed by atoms with Crippen LogP contribution in [0.1, 0.15) is 36.6 Å². The van der Waals surface area contributed by atoms with Gasteiger partial charge in [0.1, 0.15) is 17.4 Å². The molecule has 0 saturated heterocycles. The maximum atomic E-state index is 9.83. The van der Waals surface area contributed by atoms with E-state index in [0.717, 1.165) is 31.0 Å². The van der Waals surface area contributed by atoms with Crippen LogP contribution in [0.15, 0.2) is 18.2 Å². The number of aryl methyl sites for hydroxylation is 1. The average Bonchev–Trinajstić information content (AvgIpc) is 3.00. The van der Waals surface area contributed by atoms with Gasteiger partial charge in [0.25, 0.3) is 0 Å². The quantitative estimate of drug-likeness (QED) is 0.908. The summed E-state index contributed by atoms with van der Waals surface area (Å²) in [6, 6.07) is 5.21. The van der Waals surface area contributed by atoms with E-state index < -0.39 is 0 Å². The van der Waals surface area contributed by atoms with Crippen LogP contribution in [0.4, 0.5) is 0 Å². The second-order valence-electron chi connectivity index (χ2n) is 5.07. The van der Waals surface area contributed by atoms with Crippen LogP contribution in [-0.4, -0.2) is 19.9 Å². The first-order valence-corrected chi connectivity index (χ1v) is 7.16. The Kier molecular flexibility index (Phi) is 3.63. The Hall–Kier alpha value is -1.59. The summed E-state index contributed by atoms with van der Waals surface area (Å²) in [6.45, 7) is 3.53. The zero-order valence-corrected chi connectivity index (χ0v) is 12.1. The van der Waals surface area contributed by atoms with Crippen LogP contribution in [0, 0.1) is 0 Å². The van der Waals surface area contributed by atoms with Crippen molar-refractivity contribution < 1.29 is 5.11 Å². The molecule has 0 amide bonds. The first kappa shape index (κ1) is 13.4. The van der Waals surface area contributed by atoms with Crippen LogP contribution in [0.2, 0.25) is 5.02 Å². The molecule has 1 aromatic carbocycles. The zero-order chi connectivity index (χ0) is 14.1. The third kappa shape index (κ3) is 2.39. The van der Waals surface area contributed by atoms with Crippen LogP contribution in [0.5, 0.6) is 5.75 Å². The van der Waals surface area contributed by atoms with Crippen molar-refractivity contribution in [3.05, 3.63) is 40.4 Å². The predicted octanol–water partition coefficient (Wildman–Crippen LogP) is 2.43. The molecular formula is C14H17ClN4O. The van der Waals surface area contributed by atoms with E-state index in [1.54, 1.807) is 18.2 Å². The number of aromatic nitrogens is 3. The van der Waals surface area contributed by atoms with E-state index in [1.807, 2.05) is 6.92 Å². The summed E-state index contributed by atoms with van der Waals surface area (Å²) >= 11 is 6.10. The van der Waals surface area contributed by atoms with Crippen molar-refractivity contribution in [1.29, 1.82) is 0 Å². The van der Waals surface area contributed by atoms with Gasteiger partial charge in [-0.1, -0.05) is 17.7 Å². The molecule has 0 radical (unpaired) electrons. The fourth-order valence-corrected chi connectivity index (χ4v) is 2.80. The predicted molar refractivity (Wildman–Crippen MR) is 76.7 cm³/mol. The van der Waals surface area contributed by atoms with Gasteiger partial charge in [-0.3, -0.25) is 0 Å². The highest BCUT2D eigenvalue weighted by molar-refractivity contribution is 6.31. The molecule has 1 unspecified atom stereocenters. The van der Waals surface area contributed by atoms with Crippen molar-refractivity contribution in [3.63, 3.8) is 0 Å². The van der Waals surface area contributed by atoms with Crippen molar-refractivity contribution in [2.45, 2.75) is 38.9 Å². The van der Waals surface area contributed by atoms with Crippen molar-refractivity contribution in [3.8, 4) is 5.75 Å². The smallest absolute Gasteiger partial charge is 0.149 e. The molecule has 2 aromatic rings. The number of fused-ring (bicyclic) bond motifs is 1. The fourth-order valence-electron chi connectivity index (χ4n) is 2.56. The Morgan fingerprint density at radius 3 is 3.10 bits per heavy atom. The number of nitrogens with one attached hydrogen (secondary N) is 1. The van der Waals surface area contributed by atoms with Gasteiger partial charge in [-0.25, -0.2) is 0 Å². The van der Waals surface area contributed by atoms with E-state index in [1.165, 1.54) is 0 Å². The molecule has 1 aliphatic rings. The summed E-state index contributed by atoms with van der Waals surface area (Å²) in [5.74, 6) is 2.22. The van der Waals surface area contributed by atoms with Crippen molar-refractivity contribution in [2.75, 3.05) is 0 Å². The number of rotatable bonds is 4. The summed E-state index contributed by atoms with van der Waals surface area (Å²) in [4.78, 5) is 0. The Balaban J connectivity index is 1.72. The summed E-state index contributed by atoms with van der Waals surface area (Å²) < 4.78 is 2.17. The highest BCUT2D eigenvalue weighted by Crippen LogP contribution is 2.26. The lowest BCUT2D eigenvalue weighted by molar-refractivity contribution is 0.456. The number of hydrogen-bond acceptors (Lipinski definition) is 4. The lowest BCUT2D eigenvalue weighted by Gasteiger charge is -2.15. The van der Waals surface area contributed by atoms with Crippen molar-refractivity contribution in [2.24, 2.45) is 0 Å². The monoisotopic (exact) mass is 292 g/mol. The molecular weight excluding hydrogens is 276 g/mol. The molecule has 0 bridgehead atoms. The molecule has 1 aliphatic heterocycles. The second-order valence-corrected chi connectivity index (χ2v) is 5.48. The van der Waals surface area contributed by atoms with Gasteiger partial charge in [-0.15, -0.1) is 10.2 Å². The highest BCUT2D eigenvalue weighted by atomic mass is 35.5. The van der Waals surface area contributed by atoms with Crippen molar-refractivity contribution >= 4 is 11.6 Å². The maximum absolute atomic E-state index is 9.83. The van der Waals surface area contributed by atoms with E-state index in [0.29, 0.717) is 17.1 Å². The Morgan fingerprint density at radius 2 is 2.30 bits per heavy atom. The maximum Gasteiger partial charge on any atom is 0.149 e. The SMILES string of the molecule is CC(NCc1c(O)cccc1Cl)c1nnc2n1CCC2. The van der Waals surface area contributed by atoms with Crippen molar-refractivity contribution in [1.82, 2.24) is 20.1 Å². The number of aromatic hydroxyl groups is 1. The molecule has 1 aromatic heterocycles. The average molecular weight is 293 g/mol. The molecule has 106 valence electrons. The number of benzene rings is 1. The minimum atomic E-state index is 0.0602. The van der Waals surface area contributed by atoms with Gasteiger partial charge < -0.3 is 15.0 Å². The van der Waals surface area contributed by atoms with E-state index in [4.69, 9.17) is 11.6 Å². The van der Waals surface area contributed by atoms with Gasteiger partial charge in [0.05, 0.1) is 6.04 Å². The van der Waals surface area contributed by atoms with Gasteiger partial charge in [0, 0.05) is 30.1 Å². The normalized spacial score (nSPS) is 15.3. The minimum Gasteiger partial charge on any atom is -0.508 e. The molecule has 0 saturated carbocycles. The molecule has 0 fully saturated rings. The third-order valence-electron chi connectivity index (χ3n) is 3.70. The van der Waals surface area contributed by atoms with E-state index in [-0.39, 0.29) is 11.8 Å². The standard InChI is InChI=1S/C14H17ClN4O/c1-9(14-18-17-13-6-3-7-19(13)14)16-8-10-11(15)4-2-5-12(10)20/h2,4-5,9,16,20H,3,6-8H2,1H3. The molecule has 0 spiro atoms. The van der Waals surface area contributed by atoms with Crippen LogP contribution < -0.4 is 5.32 Å². The van der Waals surface area contributed by atoms with E-state index in [2.05, 4.69) is 20.1 Å². The fraction of sp³-hybridized carbons (Fsp3) is 0.429. The Bertz CT molecular complexity index is 605. The number of nitrogens with zero attached hydrogens (tertiary/aromatic N) is 3. The van der Waals surface area contributed by atoms with Gasteiger partial charge in [0.15, 0.2) is 0 Å². The first-order chi connectivity index (χ1) is 9.66. The van der Waals surface area contributed by atoms with Gasteiger partial charge >= 0.3 is 0 Å². The lowest BCUT2D eigenvalue weighted by Crippen LogP contribution is -2.21. The van der Waals surface area contributed by atoms with E-state index in [9.17, 15) is 5.11 Å². The third-order valence-corrected chi connectivity index (χ3v) is 4.06. The largest absolute Gasteiger partial charge is 0.508 e. The molecule has 6 heteroatoms. The lowest BCUT2D eigenvalue weighted by atomic mass is 10.2. The number of halogens is 1. The summed E-state index contributed by atoms with van der Waals surface area (Å²) in [6.07, 6.45) is 2.14. The molecule has 2 N–H and O–H groups in total. The van der Waals surface area contributed by atoms with Gasteiger partial charge in [-0.05, 0) is 25.5 Å². The van der Waals surface area contributed by atoms with Crippen LogP contribution in [0.3, 0.4) is 0 Å². The Labute approximate surface area is 122 Å². The molecule has 20 heavy (non-hydrogen) atoms. The summed E-state index contributed by atoms with van der Waals surface area (Å²) in [5, 5.41) is 22.2. The summed E-state index contributed by atoms with van der Waals surface area (Å²) in [5.41, 5.74) is 0.710. The van der Waals surface area contributed by atoms with Gasteiger partial charge in [0.2, 0.25) is 0 Å². The highest BCUT2D eigenvalue weighted by Gasteiger charge is 2.21. The first-order valence-electron chi connectivity index (χ1n) is 6.78. The van der Waals surface area contributed by atoms with Crippen LogP contribution >= 0.6 is 11.6 Å². The molecule has 0 aliphatic carbocycles. The molecule has 2 heterocycles. The van der Waals surface area contributed by atoms with Crippen LogP contribution in [-0.2, 0) is 19.5 Å².